The van der Waals surface area contributed by atoms with Gasteiger partial charge in [0.05, 0.1) is 31.4 Å². The first kappa shape index (κ1) is 22.1. The second kappa shape index (κ2) is 8.93. The summed E-state index contributed by atoms with van der Waals surface area (Å²) < 4.78 is 35.2. The fourth-order valence-electron chi connectivity index (χ4n) is 4.49. The van der Waals surface area contributed by atoms with Crippen molar-refractivity contribution in [3.8, 4) is 11.4 Å². The predicted octanol–water partition coefficient (Wildman–Crippen LogP) is 5.34. The first-order valence-corrected chi connectivity index (χ1v) is 11.3. The van der Waals surface area contributed by atoms with Crippen molar-refractivity contribution in [2.75, 3.05) is 20.2 Å². The van der Waals surface area contributed by atoms with Gasteiger partial charge in [-0.2, -0.15) is 0 Å². The summed E-state index contributed by atoms with van der Waals surface area (Å²) in [5.41, 5.74) is 4.90. The van der Waals surface area contributed by atoms with Gasteiger partial charge in [-0.1, -0.05) is 11.2 Å². The van der Waals surface area contributed by atoms with Gasteiger partial charge in [0.1, 0.15) is 5.75 Å². The lowest BCUT2D eigenvalue weighted by molar-refractivity contribution is 0.0207. The van der Waals surface area contributed by atoms with E-state index >= 15 is 0 Å². The molecule has 1 atom stereocenters. The predicted molar refractivity (Wildman–Crippen MR) is 126 cm³/mol. The van der Waals surface area contributed by atoms with Gasteiger partial charge < -0.3 is 19.0 Å². The Hall–Kier alpha value is -3.68. The quantitative estimate of drug-likeness (QED) is 0.523. The summed E-state index contributed by atoms with van der Waals surface area (Å²) in [6.07, 6.45) is 7.12. The number of halogens is 2. The Kier molecular flexibility index (Phi) is 5.81. The fourth-order valence-corrected chi connectivity index (χ4v) is 4.49. The zero-order chi connectivity index (χ0) is 23.8. The second-order valence-electron chi connectivity index (χ2n) is 8.71. The molecule has 3 heterocycles. The molecular formula is C26H26F2N4O2. The monoisotopic (exact) mass is 464 g/mol. The minimum Gasteiger partial charge on any atom is -0.495 e. The Bertz CT molecular complexity index is 1270. The van der Waals surface area contributed by atoms with Crippen molar-refractivity contribution in [3.63, 3.8) is 0 Å². The normalized spacial score (nSPS) is 17.9. The van der Waals surface area contributed by atoms with Crippen LogP contribution in [0.5, 0.6) is 5.75 Å². The molecule has 2 aliphatic rings. The largest absolute Gasteiger partial charge is 0.495 e. The van der Waals surface area contributed by atoms with Crippen LogP contribution in [0.25, 0.3) is 11.3 Å². The highest BCUT2D eigenvalue weighted by molar-refractivity contribution is 6.00. The number of aryl methyl sites for hydroxylation is 2. The standard InChI is InChI=1S/C26H26F2N4O2/c1-16-9-20(10-21(27)26(16)28)24-14-31-8-4-5-18(12-25(31)30-34-24)19-6-7-22(23(11-19)33-3)32-13-17(2)29-15-32/h6-7,9-13,15,24H,4-5,8,14H2,1-3H3. The SMILES string of the molecule is COc1cc(C2=CC3=NOC(c4cc(C)c(F)c(F)c4)CN3CCC2)ccc1-n1cnc(C)c1. The molecule has 1 aromatic heterocycles. The van der Waals surface area contributed by atoms with Crippen molar-refractivity contribution in [3.05, 3.63) is 83.0 Å². The number of hydrogen-bond acceptors (Lipinski definition) is 5. The molecule has 0 saturated carbocycles. The molecule has 2 aromatic carbocycles. The molecule has 6 nitrogen and oxygen atoms in total. The van der Waals surface area contributed by atoms with Gasteiger partial charge in [0.25, 0.3) is 0 Å². The van der Waals surface area contributed by atoms with Gasteiger partial charge in [-0.15, -0.1) is 0 Å². The smallest absolute Gasteiger partial charge is 0.170 e. The zero-order valence-electron chi connectivity index (χ0n) is 19.4. The van der Waals surface area contributed by atoms with E-state index < -0.39 is 17.7 Å². The Morgan fingerprint density at radius 3 is 2.74 bits per heavy atom. The van der Waals surface area contributed by atoms with Crippen molar-refractivity contribution in [2.24, 2.45) is 5.16 Å². The van der Waals surface area contributed by atoms with Crippen LogP contribution in [0.1, 0.15) is 41.3 Å². The third kappa shape index (κ3) is 4.16. The molecule has 3 aromatic rings. The van der Waals surface area contributed by atoms with Crippen LogP contribution in [0.2, 0.25) is 0 Å². The van der Waals surface area contributed by atoms with Gasteiger partial charge in [0.2, 0.25) is 0 Å². The van der Waals surface area contributed by atoms with Gasteiger partial charge in [-0.3, -0.25) is 0 Å². The van der Waals surface area contributed by atoms with Crippen molar-refractivity contribution < 1.29 is 18.4 Å². The van der Waals surface area contributed by atoms with E-state index in [1.165, 1.54) is 6.07 Å². The van der Waals surface area contributed by atoms with Gasteiger partial charge in [0, 0.05) is 18.3 Å². The number of methoxy groups -OCH3 is 1. The highest BCUT2D eigenvalue weighted by Gasteiger charge is 2.28. The summed E-state index contributed by atoms with van der Waals surface area (Å²) in [7, 11) is 1.66. The number of hydrogen-bond donors (Lipinski definition) is 0. The van der Waals surface area contributed by atoms with E-state index in [9.17, 15) is 8.78 Å². The van der Waals surface area contributed by atoms with Crippen LogP contribution in [-0.4, -0.2) is 40.5 Å². The number of benzene rings is 2. The van der Waals surface area contributed by atoms with Crippen LogP contribution in [0.15, 0.2) is 54.1 Å². The number of aromatic nitrogens is 2. The van der Waals surface area contributed by atoms with E-state index in [2.05, 4.69) is 21.1 Å². The molecule has 1 unspecified atom stereocenters. The van der Waals surface area contributed by atoms with Gasteiger partial charge in [0.15, 0.2) is 23.6 Å². The molecule has 0 bridgehead atoms. The summed E-state index contributed by atoms with van der Waals surface area (Å²) in [4.78, 5) is 12.2. The molecular weight excluding hydrogens is 438 g/mol. The third-order valence-electron chi connectivity index (χ3n) is 6.31. The van der Waals surface area contributed by atoms with Crippen LogP contribution in [0, 0.1) is 25.5 Å². The number of rotatable bonds is 4. The molecule has 8 heteroatoms. The maximum Gasteiger partial charge on any atom is 0.170 e. The number of amidine groups is 1. The minimum absolute atomic E-state index is 0.259. The molecule has 0 aliphatic carbocycles. The van der Waals surface area contributed by atoms with E-state index in [4.69, 9.17) is 9.57 Å². The lowest BCUT2D eigenvalue weighted by atomic mass is 10.0. The molecule has 0 radical (unpaired) electrons. The number of ether oxygens (including phenoxy) is 1. The van der Waals surface area contributed by atoms with E-state index in [-0.39, 0.29) is 5.56 Å². The maximum absolute atomic E-state index is 13.9. The van der Waals surface area contributed by atoms with Crippen LogP contribution in [0.4, 0.5) is 8.78 Å². The first-order chi connectivity index (χ1) is 16.4. The summed E-state index contributed by atoms with van der Waals surface area (Å²) in [5.74, 6) is -0.200. The molecule has 176 valence electrons. The van der Waals surface area contributed by atoms with Gasteiger partial charge >= 0.3 is 0 Å². The molecule has 0 saturated heterocycles. The lowest BCUT2D eigenvalue weighted by Crippen LogP contribution is -2.38. The van der Waals surface area contributed by atoms with Crippen LogP contribution in [-0.2, 0) is 4.84 Å². The Morgan fingerprint density at radius 2 is 2.00 bits per heavy atom. The second-order valence-corrected chi connectivity index (χ2v) is 8.71. The number of allylic oxidation sites excluding steroid dienone is 1. The summed E-state index contributed by atoms with van der Waals surface area (Å²) in [5, 5.41) is 4.34. The molecule has 2 aliphatic heterocycles. The van der Waals surface area contributed by atoms with E-state index in [0.29, 0.717) is 12.1 Å². The molecule has 0 N–H and O–H groups in total. The Labute approximate surface area is 197 Å². The highest BCUT2D eigenvalue weighted by atomic mass is 19.2. The van der Waals surface area contributed by atoms with Crippen LogP contribution in [0.3, 0.4) is 0 Å². The lowest BCUT2D eigenvalue weighted by Gasteiger charge is -2.31. The van der Waals surface area contributed by atoms with E-state index in [0.717, 1.165) is 53.5 Å². The number of imidazole rings is 1. The zero-order valence-corrected chi connectivity index (χ0v) is 19.4. The molecule has 5 rings (SSSR count). The molecule has 0 fully saturated rings. The molecule has 34 heavy (non-hydrogen) atoms. The average Bonchev–Trinajstić information content (AvgIpc) is 3.15. The maximum atomic E-state index is 13.9. The molecule has 0 amide bonds. The van der Waals surface area contributed by atoms with Crippen molar-refractivity contribution in [1.82, 2.24) is 14.5 Å². The van der Waals surface area contributed by atoms with Gasteiger partial charge in [-0.05, 0) is 73.7 Å². The van der Waals surface area contributed by atoms with Crippen LogP contribution < -0.4 is 4.74 Å². The number of nitrogens with zero attached hydrogens (tertiary/aromatic N) is 4. The third-order valence-corrected chi connectivity index (χ3v) is 6.31. The number of fused-ring (bicyclic) bond motifs is 1. The fraction of sp³-hybridized carbons (Fsp3) is 0.308. The highest BCUT2D eigenvalue weighted by Crippen LogP contribution is 2.33. The van der Waals surface area contributed by atoms with Crippen molar-refractivity contribution in [2.45, 2.75) is 32.8 Å². The van der Waals surface area contributed by atoms with Crippen molar-refractivity contribution in [1.29, 1.82) is 0 Å². The Balaban J connectivity index is 1.42. The van der Waals surface area contributed by atoms with Crippen LogP contribution >= 0.6 is 0 Å². The summed E-state index contributed by atoms with van der Waals surface area (Å²) in [6, 6.07) is 8.95. The first-order valence-electron chi connectivity index (χ1n) is 11.3. The summed E-state index contributed by atoms with van der Waals surface area (Å²) in [6.45, 7) is 4.82. The molecule has 0 spiro atoms. The van der Waals surface area contributed by atoms with Crippen molar-refractivity contribution >= 4 is 11.4 Å². The Morgan fingerprint density at radius 1 is 1.15 bits per heavy atom. The van der Waals surface area contributed by atoms with E-state index in [1.807, 2.05) is 35.9 Å². The average molecular weight is 465 g/mol. The topological polar surface area (TPSA) is 51.9 Å². The summed E-state index contributed by atoms with van der Waals surface area (Å²) >= 11 is 0. The number of oxime groups is 1. The minimum atomic E-state index is -0.866. The van der Waals surface area contributed by atoms with Gasteiger partial charge in [-0.25, -0.2) is 13.8 Å². The van der Waals surface area contributed by atoms with E-state index in [1.54, 1.807) is 26.4 Å².